The summed E-state index contributed by atoms with van der Waals surface area (Å²) in [5.74, 6) is -1.51. The number of fused-ring (bicyclic) bond motifs is 1. The number of benzene rings is 1. The van der Waals surface area contributed by atoms with Gasteiger partial charge in [-0.25, -0.2) is 4.79 Å². The van der Waals surface area contributed by atoms with E-state index in [1.54, 1.807) is 19.9 Å². The summed E-state index contributed by atoms with van der Waals surface area (Å²) >= 11 is 0. The molecule has 2 unspecified atom stereocenters. The van der Waals surface area contributed by atoms with E-state index in [4.69, 9.17) is 9.47 Å². The van der Waals surface area contributed by atoms with Crippen LogP contribution in [0.1, 0.15) is 64.0 Å². The van der Waals surface area contributed by atoms with Crippen molar-refractivity contribution in [2.24, 2.45) is 11.8 Å². The van der Waals surface area contributed by atoms with E-state index in [9.17, 15) is 24.3 Å². The number of carboxylic acid groups (broad SMARTS) is 1. The van der Waals surface area contributed by atoms with Crippen molar-refractivity contribution in [3.05, 3.63) is 23.3 Å². The van der Waals surface area contributed by atoms with Crippen LogP contribution in [0.25, 0.3) is 0 Å². The van der Waals surface area contributed by atoms with Crippen LogP contribution in [0.5, 0.6) is 11.5 Å². The third kappa shape index (κ3) is 4.38. The first kappa shape index (κ1) is 26.1. The van der Waals surface area contributed by atoms with E-state index in [0.29, 0.717) is 12.2 Å². The third-order valence-electron chi connectivity index (χ3n) is 8.34. The Balaban J connectivity index is 1.54. The van der Waals surface area contributed by atoms with Gasteiger partial charge in [0.1, 0.15) is 6.04 Å². The van der Waals surface area contributed by atoms with Crippen molar-refractivity contribution in [3.8, 4) is 11.5 Å². The average molecular weight is 501 g/mol. The number of carboxylic acids is 1. The predicted octanol–water partition coefficient (Wildman–Crippen LogP) is 2.61. The van der Waals surface area contributed by atoms with Crippen LogP contribution < -0.4 is 14.8 Å². The summed E-state index contributed by atoms with van der Waals surface area (Å²) in [4.78, 5) is 51.6. The summed E-state index contributed by atoms with van der Waals surface area (Å²) in [6, 6.07) is 2.84. The molecule has 0 radical (unpaired) electrons. The van der Waals surface area contributed by atoms with Crippen LogP contribution in [-0.4, -0.2) is 65.4 Å². The largest absolute Gasteiger partial charge is 0.480 e. The second-order valence-corrected chi connectivity index (χ2v) is 10.8. The Morgan fingerprint density at radius 3 is 2.67 bits per heavy atom. The lowest BCUT2D eigenvalue weighted by Gasteiger charge is -2.53. The summed E-state index contributed by atoms with van der Waals surface area (Å²) in [7, 11) is 2.11. The Hall–Kier alpha value is -2.94. The second-order valence-electron chi connectivity index (χ2n) is 10.8. The first-order valence-electron chi connectivity index (χ1n) is 12.7. The maximum Gasteiger partial charge on any atom is 0.326 e. The Kier molecular flexibility index (Phi) is 7.14. The Bertz CT molecular complexity index is 1080. The average Bonchev–Trinajstić information content (AvgIpc) is 3.18. The number of ether oxygens (including phenoxy) is 2. The number of amides is 1. The maximum absolute atomic E-state index is 13.1. The Morgan fingerprint density at radius 2 is 2.00 bits per heavy atom. The second kappa shape index (κ2) is 9.84. The highest BCUT2D eigenvalue weighted by Crippen LogP contribution is 2.60. The van der Waals surface area contributed by atoms with Crippen molar-refractivity contribution in [1.82, 2.24) is 10.2 Å². The van der Waals surface area contributed by atoms with Crippen LogP contribution in [0.4, 0.5) is 0 Å². The number of hydrogen-bond acceptors (Lipinski definition) is 7. The first-order chi connectivity index (χ1) is 17.0. The van der Waals surface area contributed by atoms with Crippen molar-refractivity contribution in [3.63, 3.8) is 0 Å². The zero-order valence-electron chi connectivity index (χ0n) is 21.6. The van der Waals surface area contributed by atoms with Gasteiger partial charge in [-0.05, 0) is 63.7 Å². The van der Waals surface area contributed by atoms with Gasteiger partial charge in [0, 0.05) is 29.9 Å². The van der Waals surface area contributed by atoms with Gasteiger partial charge in [0.05, 0.1) is 6.42 Å². The van der Waals surface area contributed by atoms with E-state index < -0.39 is 35.4 Å². The summed E-state index contributed by atoms with van der Waals surface area (Å²) in [5.41, 5.74) is 1.54. The van der Waals surface area contributed by atoms with Gasteiger partial charge in [0.15, 0.2) is 23.4 Å². The molecule has 1 amide bonds. The molecule has 9 nitrogen and oxygen atoms in total. The highest BCUT2D eigenvalue weighted by Gasteiger charge is 2.62. The number of aliphatic carboxylic acids is 1. The molecule has 2 aliphatic heterocycles. The molecule has 4 rings (SSSR count). The number of likely N-dealkylation sites (tertiary alicyclic amines) is 1. The van der Waals surface area contributed by atoms with Crippen LogP contribution in [0.3, 0.4) is 0 Å². The molecular formula is C27H36N2O7. The molecule has 1 aliphatic carbocycles. The monoisotopic (exact) mass is 500 g/mol. The van der Waals surface area contributed by atoms with Crippen LogP contribution in [-0.2, 0) is 24.6 Å². The van der Waals surface area contributed by atoms with Crippen LogP contribution in [0.15, 0.2) is 12.1 Å². The Morgan fingerprint density at radius 1 is 1.28 bits per heavy atom. The number of hydrogen-bond donors (Lipinski definition) is 2. The summed E-state index contributed by atoms with van der Waals surface area (Å²) < 4.78 is 12.0. The predicted molar refractivity (Wildman–Crippen MR) is 131 cm³/mol. The van der Waals surface area contributed by atoms with Crippen molar-refractivity contribution in [1.29, 1.82) is 0 Å². The molecule has 5 atom stereocenters. The first-order valence-corrected chi connectivity index (χ1v) is 12.7. The number of nitrogens with zero attached hydrogens (tertiary/aromatic N) is 1. The van der Waals surface area contributed by atoms with Gasteiger partial charge in [-0.1, -0.05) is 19.9 Å². The van der Waals surface area contributed by atoms with Gasteiger partial charge >= 0.3 is 11.9 Å². The normalized spacial score (nSPS) is 27.9. The molecule has 1 aromatic carbocycles. The van der Waals surface area contributed by atoms with Gasteiger partial charge in [0.2, 0.25) is 5.91 Å². The van der Waals surface area contributed by atoms with Crippen LogP contribution >= 0.6 is 0 Å². The minimum absolute atomic E-state index is 0.0886. The van der Waals surface area contributed by atoms with E-state index in [-0.39, 0.29) is 42.3 Å². The van der Waals surface area contributed by atoms with E-state index in [0.717, 1.165) is 30.5 Å². The van der Waals surface area contributed by atoms with Crippen molar-refractivity contribution < 1.29 is 33.8 Å². The number of aryl methyl sites for hydroxylation is 1. The number of Topliss-reactive ketones (excluding diaryl/α,β-unsaturated/α-hetero) is 1. The van der Waals surface area contributed by atoms with Gasteiger partial charge in [-0.3, -0.25) is 14.4 Å². The van der Waals surface area contributed by atoms with Gasteiger partial charge < -0.3 is 24.8 Å². The van der Waals surface area contributed by atoms with E-state index in [1.165, 1.54) is 0 Å². The highest BCUT2D eigenvalue weighted by molar-refractivity contribution is 5.89. The number of carbonyl (C=O) groups excluding carboxylic acids is 3. The molecule has 2 N–H and O–H groups in total. The van der Waals surface area contributed by atoms with Crippen molar-refractivity contribution >= 4 is 23.6 Å². The lowest BCUT2D eigenvalue weighted by atomic mass is 9.55. The van der Waals surface area contributed by atoms with Crippen LogP contribution in [0, 0.1) is 18.8 Å². The summed E-state index contributed by atoms with van der Waals surface area (Å²) in [6.45, 7) is 8.44. The quantitative estimate of drug-likeness (QED) is 0.433. The molecule has 1 aromatic rings. The minimum Gasteiger partial charge on any atom is -0.480 e. The van der Waals surface area contributed by atoms with Crippen molar-refractivity contribution in [2.45, 2.75) is 83.4 Å². The number of rotatable bonds is 7. The number of esters is 1. The lowest BCUT2D eigenvalue weighted by Crippen LogP contribution is -2.62. The highest BCUT2D eigenvalue weighted by atomic mass is 16.6. The topological polar surface area (TPSA) is 122 Å². The zero-order valence-corrected chi connectivity index (χ0v) is 21.6. The van der Waals surface area contributed by atoms with Gasteiger partial charge in [-0.15, -0.1) is 0 Å². The number of nitrogens with one attached hydrogen (secondary N) is 1. The fourth-order valence-electron chi connectivity index (χ4n) is 6.34. The lowest BCUT2D eigenvalue weighted by molar-refractivity contribution is -0.143. The fourth-order valence-corrected chi connectivity index (χ4v) is 6.34. The Labute approximate surface area is 211 Å². The van der Waals surface area contributed by atoms with E-state index in [2.05, 4.69) is 24.2 Å². The molecule has 1 saturated heterocycles. The number of carbonyl (C=O) groups is 4. The smallest absolute Gasteiger partial charge is 0.326 e. The number of ketones is 1. The van der Waals surface area contributed by atoms with Gasteiger partial charge in [0.25, 0.3) is 0 Å². The maximum atomic E-state index is 13.1. The van der Waals surface area contributed by atoms with E-state index in [1.807, 2.05) is 13.0 Å². The third-order valence-corrected chi connectivity index (χ3v) is 8.34. The van der Waals surface area contributed by atoms with E-state index >= 15 is 0 Å². The summed E-state index contributed by atoms with van der Waals surface area (Å²) in [6.07, 6.45) is 1.07. The molecular weight excluding hydrogens is 464 g/mol. The molecule has 1 saturated carbocycles. The zero-order chi connectivity index (χ0) is 26.4. The minimum atomic E-state index is -1.12. The van der Waals surface area contributed by atoms with Gasteiger partial charge in [-0.2, -0.15) is 0 Å². The number of piperidine rings is 1. The molecule has 36 heavy (non-hydrogen) atoms. The standard InChI is InChI=1S/C27H36N2O7/c1-14(2)23(26(33)34)28-20(31)10-11-21(32)35-19-9-6-15(3)22-24(19)36-25-18(30)8-7-17-16(4)29(5)13-12-27(17,22)25/h6,9,14,16-17,23,25H,7-8,10-13H2,1-5H3,(H,28,31)(H,33,34)/t16-,17?,23?,25+,27+/m1/s1. The molecule has 196 valence electrons. The van der Waals surface area contributed by atoms with Crippen molar-refractivity contribution in [2.75, 3.05) is 13.6 Å². The molecule has 3 aliphatic rings. The fraction of sp³-hybridized carbons (Fsp3) is 0.630. The SMILES string of the molecule is Cc1ccc(OC(=O)CCC(=O)NC(C(=O)O)C(C)C)c2c1[C@]13CCN(C)[C@H](C)C1CCC(=O)[C@@H]3O2. The van der Waals surface area contributed by atoms with Crippen LogP contribution in [0.2, 0.25) is 0 Å². The summed E-state index contributed by atoms with van der Waals surface area (Å²) in [5, 5.41) is 11.7. The molecule has 2 heterocycles. The molecule has 9 heteroatoms. The molecule has 2 fully saturated rings. The molecule has 1 spiro atoms. The molecule has 0 bridgehead atoms. The molecule has 0 aromatic heterocycles.